The number of aromatic nitrogens is 1. The molecule has 0 atom stereocenters. The van der Waals surface area contributed by atoms with Gasteiger partial charge in [0.2, 0.25) is 0 Å². The lowest BCUT2D eigenvalue weighted by atomic mass is 9.95. The maximum Gasteiger partial charge on any atom is 0.387 e. The zero-order valence-corrected chi connectivity index (χ0v) is 14.9. The molecule has 0 bridgehead atoms. The lowest BCUT2D eigenvalue weighted by Gasteiger charge is -2.16. The molecule has 0 spiro atoms. The number of halogens is 4. The Balaban J connectivity index is 0.00000156. The van der Waals surface area contributed by atoms with Crippen molar-refractivity contribution in [1.29, 1.82) is 0 Å². The quantitative estimate of drug-likeness (QED) is 0.723. The zero-order valence-electron chi connectivity index (χ0n) is 13.3. The molecule has 0 saturated heterocycles. The highest BCUT2D eigenvalue weighted by atomic mass is 35.5. The number of nitrogens with zero attached hydrogens (tertiary/aromatic N) is 2. The molecule has 1 aromatic carbocycles. The Morgan fingerprint density at radius 2 is 1.84 bits per heavy atom. The van der Waals surface area contributed by atoms with Crippen molar-refractivity contribution >= 4 is 36.6 Å². The summed E-state index contributed by atoms with van der Waals surface area (Å²) in [6.45, 7) is -2.00. The zero-order chi connectivity index (χ0) is 16.1. The molecule has 0 fully saturated rings. The summed E-state index contributed by atoms with van der Waals surface area (Å²) in [5.41, 5.74) is 4.01. The lowest BCUT2D eigenvalue weighted by Crippen LogP contribution is -2.11. The second-order valence-corrected chi connectivity index (χ2v) is 5.19. The lowest BCUT2D eigenvalue weighted by molar-refractivity contribution is -0.0498. The minimum Gasteiger partial charge on any atom is -0.435 e. The molecule has 25 heavy (non-hydrogen) atoms. The summed E-state index contributed by atoms with van der Waals surface area (Å²) in [5, 5.41) is 0. The fourth-order valence-electron chi connectivity index (χ4n) is 2.55. The maximum absolute atomic E-state index is 12.2. The number of alkyl halides is 2. The Bertz CT molecular complexity index is 720. The van der Waals surface area contributed by atoms with Gasteiger partial charge in [0, 0.05) is 24.5 Å². The van der Waals surface area contributed by atoms with Gasteiger partial charge in [-0.25, -0.2) is 0 Å². The molecule has 1 aliphatic heterocycles. The van der Waals surface area contributed by atoms with E-state index in [9.17, 15) is 8.78 Å². The highest BCUT2D eigenvalue weighted by molar-refractivity contribution is 6.15. The fraction of sp³-hybridized carbons (Fsp3) is 0.222. The largest absolute Gasteiger partial charge is 0.435 e. The normalized spacial score (nSPS) is 15.2. The molecule has 2 heterocycles. The average molecular weight is 387 g/mol. The summed E-state index contributed by atoms with van der Waals surface area (Å²) in [6.07, 6.45) is 7.51. The summed E-state index contributed by atoms with van der Waals surface area (Å²) >= 11 is 0. The molecular formula is C18H18Cl2F2N2O. The molecule has 0 N–H and O–H groups in total. The van der Waals surface area contributed by atoms with Gasteiger partial charge in [0.1, 0.15) is 5.75 Å². The predicted octanol–water partition coefficient (Wildman–Crippen LogP) is 5.19. The number of ether oxygens (including phenoxy) is 1. The molecular weight excluding hydrogens is 369 g/mol. The van der Waals surface area contributed by atoms with Crippen molar-refractivity contribution < 1.29 is 13.5 Å². The SMILES string of the molecule is Cl.Cl.FC(F)Oc1ccc(/C=C2\CCCN=C2c2cccnc2)cc1. The van der Waals surface area contributed by atoms with Crippen LogP contribution in [0.3, 0.4) is 0 Å². The second-order valence-electron chi connectivity index (χ2n) is 5.19. The second kappa shape index (κ2) is 10.1. The van der Waals surface area contributed by atoms with Gasteiger partial charge in [-0.1, -0.05) is 12.1 Å². The van der Waals surface area contributed by atoms with Crippen LogP contribution < -0.4 is 4.74 Å². The molecule has 0 saturated carbocycles. The molecule has 0 aliphatic carbocycles. The third-order valence-electron chi connectivity index (χ3n) is 3.56. The maximum atomic E-state index is 12.2. The number of hydrogen-bond acceptors (Lipinski definition) is 3. The summed E-state index contributed by atoms with van der Waals surface area (Å²) in [6, 6.07) is 10.5. The molecule has 2 aromatic rings. The van der Waals surface area contributed by atoms with Crippen molar-refractivity contribution in [3.63, 3.8) is 0 Å². The van der Waals surface area contributed by atoms with E-state index >= 15 is 0 Å². The van der Waals surface area contributed by atoms with E-state index in [0.29, 0.717) is 0 Å². The first-order chi connectivity index (χ1) is 11.2. The molecule has 134 valence electrons. The van der Waals surface area contributed by atoms with Gasteiger partial charge in [-0.3, -0.25) is 9.98 Å². The highest BCUT2D eigenvalue weighted by Crippen LogP contribution is 2.23. The van der Waals surface area contributed by atoms with Crippen LogP contribution in [0.5, 0.6) is 5.75 Å². The van der Waals surface area contributed by atoms with Crippen molar-refractivity contribution in [1.82, 2.24) is 4.98 Å². The van der Waals surface area contributed by atoms with Crippen LogP contribution in [0.4, 0.5) is 8.78 Å². The standard InChI is InChI=1S/C18H16F2N2O.2ClH/c19-18(20)23-16-7-5-13(6-8-16)11-14-3-2-10-22-17(14)15-4-1-9-21-12-15;;/h1,4-9,11-12,18H,2-3,10H2;2*1H/b14-11+;;. The van der Waals surface area contributed by atoms with Crippen molar-refractivity contribution in [2.75, 3.05) is 6.54 Å². The third-order valence-corrected chi connectivity index (χ3v) is 3.56. The predicted molar refractivity (Wildman–Crippen MR) is 100 cm³/mol. The number of aliphatic imine (C=N–C) groups is 1. The summed E-state index contributed by atoms with van der Waals surface area (Å²) < 4.78 is 28.7. The third kappa shape index (κ3) is 5.80. The van der Waals surface area contributed by atoms with Crippen LogP contribution in [0.25, 0.3) is 6.08 Å². The van der Waals surface area contributed by atoms with Crippen molar-refractivity contribution in [3.8, 4) is 5.75 Å². The molecule has 0 radical (unpaired) electrons. The highest BCUT2D eigenvalue weighted by Gasteiger charge is 2.14. The van der Waals surface area contributed by atoms with E-state index in [1.165, 1.54) is 0 Å². The van der Waals surface area contributed by atoms with Crippen molar-refractivity contribution in [3.05, 3.63) is 65.5 Å². The van der Waals surface area contributed by atoms with Gasteiger partial charge >= 0.3 is 6.61 Å². The molecule has 0 unspecified atom stereocenters. The smallest absolute Gasteiger partial charge is 0.387 e. The van der Waals surface area contributed by atoms with Gasteiger partial charge in [-0.15, -0.1) is 24.8 Å². The number of allylic oxidation sites excluding steroid dienone is 1. The van der Waals surface area contributed by atoms with Crippen LogP contribution >= 0.6 is 24.8 Å². The van der Waals surface area contributed by atoms with E-state index in [1.807, 2.05) is 18.2 Å². The first-order valence-corrected chi connectivity index (χ1v) is 7.43. The summed E-state index contributed by atoms with van der Waals surface area (Å²) in [7, 11) is 0. The number of hydrogen-bond donors (Lipinski definition) is 0. The Morgan fingerprint density at radius 3 is 2.48 bits per heavy atom. The van der Waals surface area contributed by atoms with E-state index in [-0.39, 0.29) is 30.6 Å². The van der Waals surface area contributed by atoms with Crippen LogP contribution in [-0.2, 0) is 0 Å². The summed E-state index contributed by atoms with van der Waals surface area (Å²) in [4.78, 5) is 8.76. The van der Waals surface area contributed by atoms with E-state index in [1.54, 1.807) is 36.7 Å². The average Bonchev–Trinajstić information content (AvgIpc) is 2.57. The van der Waals surface area contributed by atoms with Gasteiger partial charge in [0.15, 0.2) is 0 Å². The molecule has 1 aliphatic rings. The van der Waals surface area contributed by atoms with Gasteiger partial charge in [0.05, 0.1) is 5.71 Å². The molecule has 7 heteroatoms. The minimum absolute atomic E-state index is 0. The molecule has 3 nitrogen and oxygen atoms in total. The van der Waals surface area contributed by atoms with E-state index in [0.717, 1.165) is 41.8 Å². The van der Waals surface area contributed by atoms with E-state index in [2.05, 4.69) is 14.7 Å². The Morgan fingerprint density at radius 1 is 1.08 bits per heavy atom. The van der Waals surface area contributed by atoms with Crippen LogP contribution in [0.1, 0.15) is 24.0 Å². The van der Waals surface area contributed by atoms with Crippen LogP contribution in [0, 0.1) is 0 Å². The minimum atomic E-state index is -2.80. The fourth-order valence-corrected chi connectivity index (χ4v) is 2.55. The Labute approximate surface area is 157 Å². The van der Waals surface area contributed by atoms with Crippen molar-refractivity contribution in [2.24, 2.45) is 4.99 Å². The Kier molecular flexibility index (Phi) is 8.52. The van der Waals surface area contributed by atoms with Gasteiger partial charge in [-0.05, 0) is 54.3 Å². The first kappa shape index (κ1) is 21.1. The van der Waals surface area contributed by atoms with E-state index < -0.39 is 6.61 Å². The first-order valence-electron chi connectivity index (χ1n) is 7.43. The van der Waals surface area contributed by atoms with Crippen LogP contribution in [0.2, 0.25) is 0 Å². The Hall–Kier alpha value is -1.98. The molecule has 3 rings (SSSR count). The van der Waals surface area contributed by atoms with Crippen LogP contribution in [-0.4, -0.2) is 23.9 Å². The number of rotatable bonds is 4. The van der Waals surface area contributed by atoms with Crippen LogP contribution in [0.15, 0.2) is 59.4 Å². The monoisotopic (exact) mass is 386 g/mol. The molecule has 1 aromatic heterocycles. The van der Waals surface area contributed by atoms with E-state index in [4.69, 9.17) is 0 Å². The van der Waals surface area contributed by atoms with Gasteiger partial charge in [0.25, 0.3) is 0 Å². The molecule has 0 amide bonds. The van der Waals surface area contributed by atoms with Gasteiger partial charge in [-0.2, -0.15) is 8.78 Å². The number of pyridine rings is 1. The number of benzene rings is 1. The topological polar surface area (TPSA) is 34.5 Å². The van der Waals surface area contributed by atoms with Gasteiger partial charge < -0.3 is 4.74 Å². The van der Waals surface area contributed by atoms with Crippen molar-refractivity contribution in [2.45, 2.75) is 19.5 Å². The summed E-state index contributed by atoms with van der Waals surface area (Å²) in [5.74, 6) is 0.159.